The smallest absolute Gasteiger partial charge is 0.119 e. The first kappa shape index (κ1) is 17.2. The Hall–Kier alpha value is -1.26. The number of rotatable bonds is 5. The van der Waals surface area contributed by atoms with Crippen LogP contribution >= 0.6 is 0 Å². The first-order valence-electron chi connectivity index (χ1n) is 10.2. The average Bonchev–Trinajstić information content (AvgIpc) is 2.68. The number of fused-ring (bicyclic) bond motifs is 3. The van der Waals surface area contributed by atoms with E-state index in [1.165, 1.54) is 56.2 Å². The van der Waals surface area contributed by atoms with Gasteiger partial charge in [0, 0.05) is 29.8 Å². The van der Waals surface area contributed by atoms with Crippen molar-refractivity contribution in [3.8, 4) is 5.75 Å². The highest BCUT2D eigenvalue weighted by atomic mass is 16.5. The molecule has 1 aliphatic carbocycles. The van der Waals surface area contributed by atoms with Crippen molar-refractivity contribution in [3.63, 3.8) is 0 Å². The molecule has 1 aromatic carbocycles. The molecule has 3 atom stereocenters. The number of nitrogens with one attached hydrogen (secondary N) is 1. The first-order chi connectivity index (χ1) is 12.4. The molecule has 0 unspecified atom stereocenters. The highest BCUT2D eigenvalue weighted by Gasteiger charge is 2.42. The minimum absolute atomic E-state index is 0.231. The average molecular weight is 344 g/mol. The van der Waals surface area contributed by atoms with Crippen molar-refractivity contribution in [2.45, 2.75) is 63.5 Å². The van der Waals surface area contributed by atoms with E-state index in [2.05, 4.69) is 23.5 Å². The third kappa shape index (κ3) is 3.65. The summed E-state index contributed by atoms with van der Waals surface area (Å²) in [7, 11) is 0. The van der Waals surface area contributed by atoms with Gasteiger partial charge in [0.1, 0.15) is 5.75 Å². The SMILES string of the molecule is NCCCOc1ccc2c(c1)[C@H]1OCCC[C@H]1[C@@H](C1CCCCC1)N2. The number of hydrogen-bond donors (Lipinski definition) is 2. The lowest BCUT2D eigenvalue weighted by atomic mass is 9.71. The Morgan fingerprint density at radius 1 is 1.12 bits per heavy atom. The summed E-state index contributed by atoms with van der Waals surface area (Å²) in [5.74, 6) is 2.35. The molecule has 4 heteroatoms. The van der Waals surface area contributed by atoms with Gasteiger partial charge in [-0.2, -0.15) is 0 Å². The maximum atomic E-state index is 6.29. The van der Waals surface area contributed by atoms with Crippen LogP contribution in [-0.4, -0.2) is 25.8 Å². The fourth-order valence-corrected chi connectivity index (χ4v) is 5.01. The highest BCUT2D eigenvalue weighted by molar-refractivity contribution is 5.58. The van der Waals surface area contributed by atoms with Gasteiger partial charge >= 0.3 is 0 Å². The lowest BCUT2D eigenvalue weighted by Gasteiger charge is -2.47. The van der Waals surface area contributed by atoms with Crippen LogP contribution in [-0.2, 0) is 4.74 Å². The minimum atomic E-state index is 0.231. The molecule has 1 aromatic rings. The molecule has 4 rings (SSSR count). The van der Waals surface area contributed by atoms with Gasteiger partial charge in [-0.15, -0.1) is 0 Å². The molecule has 0 aromatic heterocycles. The Morgan fingerprint density at radius 3 is 2.84 bits per heavy atom. The maximum Gasteiger partial charge on any atom is 0.119 e. The van der Waals surface area contributed by atoms with Crippen molar-refractivity contribution in [1.82, 2.24) is 0 Å². The quantitative estimate of drug-likeness (QED) is 0.784. The summed E-state index contributed by atoms with van der Waals surface area (Å²) in [6, 6.07) is 7.04. The van der Waals surface area contributed by atoms with E-state index < -0.39 is 0 Å². The molecule has 25 heavy (non-hydrogen) atoms. The van der Waals surface area contributed by atoms with Crippen LogP contribution in [0.1, 0.15) is 63.0 Å². The van der Waals surface area contributed by atoms with Crippen LogP contribution in [0.3, 0.4) is 0 Å². The predicted molar refractivity (Wildman–Crippen MR) is 101 cm³/mol. The van der Waals surface area contributed by atoms with Crippen LogP contribution in [0.4, 0.5) is 5.69 Å². The second-order valence-electron chi connectivity index (χ2n) is 7.91. The van der Waals surface area contributed by atoms with E-state index in [1.54, 1.807) is 0 Å². The van der Waals surface area contributed by atoms with Gasteiger partial charge < -0.3 is 20.5 Å². The first-order valence-corrected chi connectivity index (χ1v) is 10.2. The Bertz CT molecular complexity index is 571. The third-order valence-corrected chi connectivity index (χ3v) is 6.26. The summed E-state index contributed by atoms with van der Waals surface area (Å²) in [6.07, 6.45) is 10.5. The van der Waals surface area contributed by atoms with Crippen molar-refractivity contribution in [2.75, 3.05) is 25.1 Å². The summed E-state index contributed by atoms with van der Waals surface area (Å²) < 4.78 is 12.2. The van der Waals surface area contributed by atoms with Crippen molar-refractivity contribution >= 4 is 5.69 Å². The molecule has 0 amide bonds. The molecule has 138 valence electrons. The van der Waals surface area contributed by atoms with Crippen molar-refractivity contribution in [1.29, 1.82) is 0 Å². The van der Waals surface area contributed by atoms with Gasteiger partial charge in [0.25, 0.3) is 0 Å². The molecular formula is C21H32N2O2. The van der Waals surface area contributed by atoms with E-state index in [0.29, 0.717) is 25.1 Å². The van der Waals surface area contributed by atoms with E-state index in [0.717, 1.165) is 24.7 Å². The van der Waals surface area contributed by atoms with Crippen LogP contribution in [0.5, 0.6) is 5.75 Å². The van der Waals surface area contributed by atoms with Crippen LogP contribution in [0, 0.1) is 11.8 Å². The van der Waals surface area contributed by atoms with Crippen molar-refractivity contribution in [3.05, 3.63) is 23.8 Å². The number of benzene rings is 1. The molecule has 2 aliphatic heterocycles. The molecule has 2 heterocycles. The van der Waals surface area contributed by atoms with Crippen LogP contribution in [0.2, 0.25) is 0 Å². The molecular weight excluding hydrogens is 312 g/mol. The number of nitrogens with two attached hydrogens (primary N) is 1. The van der Waals surface area contributed by atoms with E-state index in [-0.39, 0.29) is 6.10 Å². The standard InChI is InChI=1S/C21H32N2O2/c22-11-5-13-24-16-9-10-19-18(14-16)21-17(8-4-12-25-21)20(23-19)15-6-2-1-3-7-15/h9-10,14-15,17,20-21,23H,1-8,11-13,22H2/t17-,20+,21-/m0/s1. The Morgan fingerprint density at radius 2 is 2.00 bits per heavy atom. The predicted octanol–water partition coefficient (Wildman–Crippen LogP) is 4.26. The van der Waals surface area contributed by atoms with E-state index in [9.17, 15) is 0 Å². The lowest BCUT2D eigenvalue weighted by molar-refractivity contribution is -0.0459. The molecule has 3 aliphatic rings. The zero-order valence-electron chi connectivity index (χ0n) is 15.2. The van der Waals surface area contributed by atoms with Gasteiger partial charge in [-0.05, 0) is 62.8 Å². The third-order valence-electron chi connectivity index (χ3n) is 6.26. The summed E-state index contributed by atoms with van der Waals surface area (Å²) >= 11 is 0. The van der Waals surface area contributed by atoms with E-state index >= 15 is 0 Å². The van der Waals surface area contributed by atoms with Gasteiger partial charge in [-0.1, -0.05) is 19.3 Å². The zero-order chi connectivity index (χ0) is 17.1. The highest BCUT2D eigenvalue weighted by Crippen LogP contribution is 2.48. The van der Waals surface area contributed by atoms with E-state index in [4.69, 9.17) is 15.2 Å². The molecule has 1 saturated carbocycles. The zero-order valence-corrected chi connectivity index (χ0v) is 15.2. The van der Waals surface area contributed by atoms with Gasteiger partial charge in [-0.25, -0.2) is 0 Å². The fraction of sp³-hybridized carbons (Fsp3) is 0.714. The minimum Gasteiger partial charge on any atom is -0.494 e. The Labute approximate surface area is 151 Å². The molecule has 1 saturated heterocycles. The fourth-order valence-electron chi connectivity index (χ4n) is 5.01. The number of ether oxygens (including phenoxy) is 2. The van der Waals surface area contributed by atoms with Crippen molar-refractivity contribution in [2.24, 2.45) is 17.6 Å². The van der Waals surface area contributed by atoms with E-state index in [1.807, 2.05) is 0 Å². The van der Waals surface area contributed by atoms with Crippen molar-refractivity contribution < 1.29 is 9.47 Å². The normalized spacial score (nSPS) is 29.4. The molecule has 0 spiro atoms. The molecule has 4 nitrogen and oxygen atoms in total. The topological polar surface area (TPSA) is 56.5 Å². The molecule has 0 bridgehead atoms. The maximum absolute atomic E-state index is 6.29. The van der Waals surface area contributed by atoms with Gasteiger partial charge in [0.2, 0.25) is 0 Å². The summed E-state index contributed by atoms with van der Waals surface area (Å²) in [5, 5.41) is 3.90. The summed E-state index contributed by atoms with van der Waals surface area (Å²) in [4.78, 5) is 0. The Balaban J connectivity index is 1.57. The number of hydrogen-bond acceptors (Lipinski definition) is 4. The van der Waals surface area contributed by atoms with Crippen LogP contribution in [0.15, 0.2) is 18.2 Å². The van der Waals surface area contributed by atoms with Gasteiger partial charge in [0.05, 0.1) is 12.7 Å². The van der Waals surface area contributed by atoms with Gasteiger partial charge in [-0.3, -0.25) is 0 Å². The summed E-state index contributed by atoms with van der Waals surface area (Å²) in [5.41, 5.74) is 8.12. The van der Waals surface area contributed by atoms with Crippen LogP contribution < -0.4 is 15.8 Å². The second-order valence-corrected chi connectivity index (χ2v) is 7.91. The molecule has 2 fully saturated rings. The number of anilines is 1. The van der Waals surface area contributed by atoms with Crippen LogP contribution in [0.25, 0.3) is 0 Å². The van der Waals surface area contributed by atoms with Gasteiger partial charge in [0.15, 0.2) is 0 Å². The Kier molecular flexibility index (Phi) is 5.47. The second kappa shape index (κ2) is 7.96. The largest absolute Gasteiger partial charge is 0.494 e. The molecule has 3 N–H and O–H groups in total. The monoisotopic (exact) mass is 344 g/mol. The summed E-state index contributed by atoms with van der Waals surface area (Å²) in [6.45, 7) is 2.24. The molecule has 0 radical (unpaired) electrons. The lowest BCUT2D eigenvalue weighted by Crippen LogP contribution is -2.46.